The zero-order chi connectivity index (χ0) is 16.2. The van der Waals surface area contributed by atoms with Crippen LogP contribution in [0.25, 0.3) is 11.0 Å². The predicted octanol–water partition coefficient (Wildman–Crippen LogP) is 3.64. The first-order valence-corrected chi connectivity index (χ1v) is 9.30. The lowest BCUT2D eigenvalue weighted by molar-refractivity contribution is -0.0647. The van der Waals surface area contributed by atoms with Gasteiger partial charge in [0.05, 0.1) is 32.2 Å². The number of nitrogens with zero attached hydrogens (tertiary/aromatic N) is 1. The van der Waals surface area contributed by atoms with Crippen LogP contribution >= 0.6 is 0 Å². The fraction of sp³-hybridized carbons (Fsp3) is 0.600. The molecule has 4 nitrogen and oxygen atoms in total. The van der Waals surface area contributed by atoms with Crippen LogP contribution in [0.4, 0.5) is 0 Å². The van der Waals surface area contributed by atoms with Crippen molar-refractivity contribution in [1.29, 1.82) is 0 Å². The highest BCUT2D eigenvalue weighted by molar-refractivity contribution is 5.80. The molecule has 2 fully saturated rings. The molecule has 1 saturated heterocycles. The molecule has 0 radical (unpaired) electrons. The molecule has 0 amide bonds. The summed E-state index contributed by atoms with van der Waals surface area (Å²) in [6.45, 7) is 4.63. The van der Waals surface area contributed by atoms with E-state index in [1.165, 1.54) is 36.6 Å². The van der Waals surface area contributed by atoms with Crippen LogP contribution in [-0.4, -0.2) is 50.0 Å². The lowest BCUT2D eigenvalue weighted by Gasteiger charge is -2.41. The van der Waals surface area contributed by atoms with Crippen molar-refractivity contribution >= 4 is 11.0 Å². The highest BCUT2D eigenvalue weighted by Crippen LogP contribution is 2.27. The molecule has 2 aromatic rings. The second-order valence-electron chi connectivity index (χ2n) is 6.91. The predicted molar refractivity (Wildman–Crippen MR) is 94.3 cm³/mol. The average molecular weight is 329 g/mol. The summed E-state index contributed by atoms with van der Waals surface area (Å²) in [5, 5.41) is 1.22. The number of morpholine rings is 1. The van der Waals surface area contributed by atoms with Gasteiger partial charge in [-0.2, -0.15) is 0 Å². The van der Waals surface area contributed by atoms with Crippen LogP contribution in [0.5, 0.6) is 0 Å². The summed E-state index contributed by atoms with van der Waals surface area (Å²) in [6.07, 6.45) is 8.17. The number of rotatable bonds is 5. The largest absolute Gasteiger partial charge is 0.464 e. The van der Waals surface area contributed by atoms with Gasteiger partial charge >= 0.3 is 0 Å². The molecule has 0 N–H and O–H groups in total. The molecule has 2 atom stereocenters. The van der Waals surface area contributed by atoms with Crippen molar-refractivity contribution in [3.8, 4) is 0 Å². The van der Waals surface area contributed by atoms with Gasteiger partial charge in [0, 0.05) is 24.5 Å². The fourth-order valence-electron chi connectivity index (χ4n) is 4.19. The molecule has 1 aliphatic heterocycles. The van der Waals surface area contributed by atoms with Gasteiger partial charge in [0.2, 0.25) is 0 Å². The Morgan fingerprint density at radius 3 is 2.88 bits per heavy atom. The summed E-state index contributed by atoms with van der Waals surface area (Å²) >= 11 is 0. The summed E-state index contributed by atoms with van der Waals surface area (Å²) in [5.41, 5.74) is 2.29. The molecule has 1 aromatic heterocycles. The third-order valence-corrected chi connectivity index (χ3v) is 5.47. The first kappa shape index (κ1) is 16.1. The van der Waals surface area contributed by atoms with E-state index in [4.69, 9.17) is 13.9 Å². The summed E-state index contributed by atoms with van der Waals surface area (Å²) < 4.78 is 17.4. The van der Waals surface area contributed by atoms with E-state index in [0.717, 1.165) is 44.9 Å². The molecular formula is C20H27NO3. The molecule has 130 valence electrons. The van der Waals surface area contributed by atoms with Crippen molar-refractivity contribution in [3.05, 3.63) is 36.1 Å². The Balaban J connectivity index is 1.36. The van der Waals surface area contributed by atoms with Crippen molar-refractivity contribution in [1.82, 2.24) is 4.90 Å². The van der Waals surface area contributed by atoms with Crippen LogP contribution in [0.1, 0.15) is 31.2 Å². The van der Waals surface area contributed by atoms with Crippen molar-refractivity contribution in [2.24, 2.45) is 0 Å². The van der Waals surface area contributed by atoms with Crippen molar-refractivity contribution in [2.45, 2.75) is 44.2 Å². The second kappa shape index (κ2) is 7.68. The molecule has 4 heteroatoms. The monoisotopic (exact) mass is 329 g/mol. The van der Waals surface area contributed by atoms with Gasteiger partial charge in [0.15, 0.2) is 0 Å². The van der Waals surface area contributed by atoms with E-state index >= 15 is 0 Å². The van der Waals surface area contributed by atoms with Crippen LogP contribution in [-0.2, 0) is 15.9 Å². The first-order valence-electron chi connectivity index (χ1n) is 9.30. The molecule has 1 saturated carbocycles. The standard InChI is InChI=1S/C20H27NO3/c1-2-6-20(18(5-1)21-10-14-22-15-11-21)24-12-8-16-4-3-7-19-17(16)9-13-23-19/h3-4,7,9,13,18,20H,1-2,5-6,8,10-12,14-15H2/t18-,20-/m1/s1. The van der Waals surface area contributed by atoms with Crippen LogP contribution in [0.15, 0.2) is 34.9 Å². The molecule has 0 spiro atoms. The van der Waals surface area contributed by atoms with Gasteiger partial charge in [-0.15, -0.1) is 0 Å². The van der Waals surface area contributed by atoms with E-state index < -0.39 is 0 Å². The minimum absolute atomic E-state index is 0.375. The number of fused-ring (bicyclic) bond motifs is 1. The highest BCUT2D eigenvalue weighted by atomic mass is 16.5. The van der Waals surface area contributed by atoms with Gasteiger partial charge in [0.25, 0.3) is 0 Å². The van der Waals surface area contributed by atoms with E-state index in [9.17, 15) is 0 Å². The van der Waals surface area contributed by atoms with Gasteiger partial charge in [-0.05, 0) is 37.0 Å². The van der Waals surface area contributed by atoms with Crippen molar-refractivity contribution < 1.29 is 13.9 Å². The Kier molecular flexibility index (Phi) is 5.16. The molecule has 24 heavy (non-hydrogen) atoms. The Morgan fingerprint density at radius 1 is 1.08 bits per heavy atom. The lowest BCUT2D eigenvalue weighted by atomic mass is 9.91. The molecule has 0 unspecified atom stereocenters. The third kappa shape index (κ3) is 3.51. The van der Waals surface area contributed by atoms with E-state index in [2.05, 4.69) is 23.1 Å². The zero-order valence-electron chi connectivity index (χ0n) is 14.3. The van der Waals surface area contributed by atoms with E-state index in [0.29, 0.717) is 12.1 Å². The first-order chi connectivity index (χ1) is 11.9. The van der Waals surface area contributed by atoms with Crippen molar-refractivity contribution in [3.63, 3.8) is 0 Å². The topological polar surface area (TPSA) is 34.8 Å². The number of furan rings is 1. The normalized spacial score (nSPS) is 26.0. The van der Waals surface area contributed by atoms with Gasteiger partial charge in [0.1, 0.15) is 5.58 Å². The molecular weight excluding hydrogens is 302 g/mol. The molecule has 1 aliphatic carbocycles. The number of hydrogen-bond acceptors (Lipinski definition) is 4. The summed E-state index contributed by atoms with van der Waals surface area (Å²) in [5.74, 6) is 0. The molecule has 1 aromatic carbocycles. The smallest absolute Gasteiger partial charge is 0.134 e. The zero-order valence-corrected chi connectivity index (χ0v) is 14.3. The Morgan fingerprint density at radius 2 is 1.96 bits per heavy atom. The Labute approximate surface area is 143 Å². The van der Waals surface area contributed by atoms with Gasteiger partial charge < -0.3 is 13.9 Å². The van der Waals surface area contributed by atoms with Crippen LogP contribution in [0.3, 0.4) is 0 Å². The minimum Gasteiger partial charge on any atom is -0.464 e. The molecule has 0 bridgehead atoms. The quantitative estimate of drug-likeness (QED) is 0.839. The van der Waals surface area contributed by atoms with Crippen LogP contribution in [0.2, 0.25) is 0 Å². The van der Waals surface area contributed by atoms with Gasteiger partial charge in [-0.25, -0.2) is 0 Å². The molecule has 2 heterocycles. The lowest BCUT2D eigenvalue weighted by Crippen LogP contribution is -2.51. The number of ether oxygens (including phenoxy) is 2. The Bertz CT molecular complexity index is 647. The van der Waals surface area contributed by atoms with Crippen molar-refractivity contribution in [2.75, 3.05) is 32.9 Å². The average Bonchev–Trinajstić information content (AvgIpc) is 3.12. The van der Waals surface area contributed by atoms with Crippen LogP contribution < -0.4 is 0 Å². The molecule has 4 rings (SSSR count). The van der Waals surface area contributed by atoms with E-state index in [1.807, 2.05) is 6.07 Å². The van der Waals surface area contributed by atoms with E-state index in [1.54, 1.807) is 6.26 Å². The highest BCUT2D eigenvalue weighted by Gasteiger charge is 2.31. The fourth-order valence-corrected chi connectivity index (χ4v) is 4.19. The number of benzene rings is 1. The molecule has 2 aliphatic rings. The van der Waals surface area contributed by atoms with Gasteiger partial charge in [-0.3, -0.25) is 4.90 Å². The third-order valence-electron chi connectivity index (χ3n) is 5.47. The number of hydrogen-bond donors (Lipinski definition) is 0. The van der Waals surface area contributed by atoms with Crippen LogP contribution in [0, 0.1) is 0 Å². The maximum Gasteiger partial charge on any atom is 0.134 e. The Hall–Kier alpha value is -1.36. The van der Waals surface area contributed by atoms with Gasteiger partial charge in [-0.1, -0.05) is 25.0 Å². The maximum atomic E-state index is 6.37. The van der Waals surface area contributed by atoms with E-state index in [-0.39, 0.29) is 0 Å². The maximum absolute atomic E-state index is 6.37. The summed E-state index contributed by atoms with van der Waals surface area (Å²) in [4.78, 5) is 2.59. The summed E-state index contributed by atoms with van der Waals surface area (Å²) in [7, 11) is 0. The summed E-state index contributed by atoms with van der Waals surface area (Å²) in [6, 6.07) is 8.91. The SMILES string of the molecule is c1cc(CCO[C@@H]2CCCC[C@H]2N2CCOCC2)c2ccoc2c1. The second-order valence-corrected chi connectivity index (χ2v) is 6.91. The minimum atomic E-state index is 0.375.